The van der Waals surface area contributed by atoms with Crippen molar-refractivity contribution in [2.24, 2.45) is 40.9 Å². The molecule has 1 saturated heterocycles. The number of ether oxygens (including phenoxy) is 2. The highest BCUT2D eigenvalue weighted by Gasteiger charge is 2.60. The van der Waals surface area contributed by atoms with E-state index < -0.39 is 35.2 Å². The van der Waals surface area contributed by atoms with Crippen LogP contribution >= 0.6 is 0 Å². The molecule has 0 bridgehead atoms. The van der Waals surface area contributed by atoms with Gasteiger partial charge < -0.3 is 14.6 Å². The first kappa shape index (κ1) is 38.4. The molecular weight excluding hydrogens is 604 g/mol. The minimum Gasteiger partial charge on any atom is -0.469 e. The molecule has 4 aliphatic rings. The van der Waals surface area contributed by atoms with Gasteiger partial charge in [-0.15, -0.1) is 0 Å². The molecule has 9 atom stereocenters. The Morgan fingerprint density at radius 2 is 1.67 bits per heavy atom. The number of hydrogen-bond acceptors (Lipinski definition) is 7. The molecule has 0 aromatic rings. The van der Waals surface area contributed by atoms with Gasteiger partial charge in [0, 0.05) is 42.9 Å². The predicted octanol–water partition coefficient (Wildman–Crippen LogP) is 8.08. The molecule has 9 unspecified atom stereocenters. The van der Waals surface area contributed by atoms with E-state index in [1.54, 1.807) is 0 Å². The molecule has 4 rings (SSSR count). The van der Waals surface area contributed by atoms with E-state index in [1.807, 2.05) is 41.5 Å². The molecule has 7 heteroatoms. The van der Waals surface area contributed by atoms with Crippen molar-refractivity contribution < 1.29 is 33.8 Å². The number of rotatable bonds is 2. The number of aliphatic hydroxyl groups excluding tert-OH is 1. The molecular formula is C41H62O7. The average Bonchev–Trinajstić information content (AvgIpc) is 3.66. The van der Waals surface area contributed by atoms with E-state index in [1.165, 1.54) is 7.11 Å². The highest BCUT2D eigenvalue weighted by atomic mass is 16.6. The minimum absolute atomic E-state index is 0.0282. The Balaban J connectivity index is 1.95. The zero-order chi connectivity index (χ0) is 35.6. The van der Waals surface area contributed by atoms with Crippen molar-refractivity contribution >= 4 is 23.3 Å². The van der Waals surface area contributed by atoms with Crippen LogP contribution in [0.4, 0.5) is 0 Å². The smallest absolute Gasteiger partial charge is 0.313 e. The van der Waals surface area contributed by atoms with Crippen LogP contribution in [0, 0.1) is 40.9 Å². The average molecular weight is 667 g/mol. The summed E-state index contributed by atoms with van der Waals surface area (Å²) in [5, 5.41) is 12.0. The summed E-state index contributed by atoms with van der Waals surface area (Å²) in [6.07, 6.45) is 10.0. The first-order chi connectivity index (χ1) is 22.5. The molecule has 0 radical (unpaired) electrons. The van der Waals surface area contributed by atoms with Gasteiger partial charge in [0.05, 0.1) is 30.3 Å². The van der Waals surface area contributed by atoms with E-state index in [2.05, 4.69) is 26.0 Å². The third kappa shape index (κ3) is 8.31. The number of ketones is 3. The molecule has 1 aliphatic heterocycles. The quantitative estimate of drug-likeness (QED) is 0.180. The molecule has 0 aromatic carbocycles. The summed E-state index contributed by atoms with van der Waals surface area (Å²) in [6, 6.07) is 0. The fourth-order valence-electron chi connectivity index (χ4n) is 9.05. The van der Waals surface area contributed by atoms with Crippen LogP contribution in [0.5, 0.6) is 0 Å². The standard InChI is InChI=1S/C41H62O7/c1-24(2)30-22-33(42)28(6)14-10-12-25(3)19-34(43)31-21-29(7)38-32(41(31,23-36(30)45)39(46)47-9)18-27(5)15-16-37-40(8,48-37)17-11-13-26(4)20-35(38)44/h13,18,24-25,28,30-32,35,37,44H,10-12,14-17,19-23H2,1-9H3. The van der Waals surface area contributed by atoms with Gasteiger partial charge in [0.2, 0.25) is 0 Å². The van der Waals surface area contributed by atoms with Gasteiger partial charge in [-0.05, 0) is 90.0 Å². The molecule has 268 valence electrons. The second-order valence-electron chi connectivity index (χ2n) is 16.6. The second kappa shape index (κ2) is 15.7. The van der Waals surface area contributed by atoms with E-state index in [9.17, 15) is 24.3 Å². The van der Waals surface area contributed by atoms with Gasteiger partial charge in [-0.25, -0.2) is 0 Å². The molecule has 0 spiro atoms. The number of esters is 1. The number of hydrogen-bond donors (Lipinski definition) is 1. The van der Waals surface area contributed by atoms with E-state index in [4.69, 9.17) is 9.47 Å². The zero-order valence-corrected chi connectivity index (χ0v) is 31.2. The maximum atomic E-state index is 14.6. The number of Topliss-reactive ketones (excluding diaryl/α,β-unsaturated/α-hetero) is 3. The Morgan fingerprint density at radius 1 is 0.958 bits per heavy atom. The van der Waals surface area contributed by atoms with E-state index in [0.717, 1.165) is 61.7 Å². The van der Waals surface area contributed by atoms with Gasteiger partial charge in [-0.1, -0.05) is 69.4 Å². The number of aliphatic hydroxyl groups is 1. The monoisotopic (exact) mass is 666 g/mol. The van der Waals surface area contributed by atoms with Crippen LogP contribution < -0.4 is 0 Å². The molecule has 1 heterocycles. The summed E-state index contributed by atoms with van der Waals surface area (Å²) in [6.45, 7) is 16.1. The van der Waals surface area contributed by atoms with Crippen LogP contribution in [0.25, 0.3) is 0 Å². The summed E-state index contributed by atoms with van der Waals surface area (Å²) in [4.78, 5) is 57.3. The van der Waals surface area contributed by atoms with Crippen molar-refractivity contribution in [3.8, 4) is 0 Å². The highest BCUT2D eigenvalue weighted by molar-refractivity contribution is 5.97. The fourth-order valence-corrected chi connectivity index (χ4v) is 9.05. The number of fused-ring (bicyclic) bond motifs is 4. The van der Waals surface area contributed by atoms with Crippen molar-refractivity contribution in [1.82, 2.24) is 0 Å². The lowest BCUT2D eigenvalue weighted by Crippen LogP contribution is -2.54. The van der Waals surface area contributed by atoms with E-state index in [0.29, 0.717) is 12.0 Å². The van der Waals surface area contributed by atoms with Crippen LogP contribution in [0.1, 0.15) is 132 Å². The van der Waals surface area contributed by atoms with Crippen molar-refractivity contribution in [1.29, 1.82) is 0 Å². The van der Waals surface area contributed by atoms with Crippen molar-refractivity contribution in [2.45, 2.75) is 150 Å². The van der Waals surface area contributed by atoms with E-state index in [-0.39, 0.29) is 72.5 Å². The van der Waals surface area contributed by atoms with Gasteiger partial charge in [0.1, 0.15) is 17.3 Å². The fraction of sp³-hybridized carbons (Fsp3) is 0.756. The SMILES string of the molecule is COC(=O)C12CC(=O)C(C(C)C)CC(=O)C(C)CCCC(C)CC(=O)C1CC(C)=C1C(O)CC(C)=CCCC3(C)OC3CCC(C)=CC12. The number of carbonyl (C=O) groups excluding carboxylic acids is 4. The van der Waals surface area contributed by atoms with Crippen LogP contribution in [0.3, 0.4) is 0 Å². The Morgan fingerprint density at radius 3 is 2.33 bits per heavy atom. The van der Waals surface area contributed by atoms with E-state index >= 15 is 0 Å². The minimum atomic E-state index is -1.55. The highest BCUT2D eigenvalue weighted by Crippen LogP contribution is 2.55. The van der Waals surface area contributed by atoms with Gasteiger partial charge in [-0.3, -0.25) is 19.2 Å². The van der Waals surface area contributed by atoms with Gasteiger partial charge >= 0.3 is 5.97 Å². The lowest BCUT2D eigenvalue weighted by molar-refractivity contribution is -0.166. The number of allylic oxidation sites excluding steroid dienone is 4. The third-order valence-corrected chi connectivity index (χ3v) is 12.3. The molecule has 0 amide bonds. The van der Waals surface area contributed by atoms with Crippen LogP contribution in [0.15, 0.2) is 34.4 Å². The Labute approximate surface area is 289 Å². The predicted molar refractivity (Wildman–Crippen MR) is 188 cm³/mol. The van der Waals surface area contributed by atoms with Crippen molar-refractivity contribution in [3.05, 3.63) is 34.4 Å². The topological polar surface area (TPSA) is 110 Å². The first-order valence-corrected chi connectivity index (χ1v) is 18.6. The Hall–Kier alpha value is -2.38. The molecule has 2 fully saturated rings. The molecule has 0 aromatic heterocycles. The molecule has 1 saturated carbocycles. The maximum absolute atomic E-state index is 14.6. The lowest BCUT2D eigenvalue weighted by Gasteiger charge is -2.49. The van der Waals surface area contributed by atoms with Crippen molar-refractivity contribution in [3.63, 3.8) is 0 Å². The molecule has 3 aliphatic carbocycles. The summed E-state index contributed by atoms with van der Waals surface area (Å²) in [5.74, 6) is -3.06. The molecule has 7 nitrogen and oxygen atoms in total. The third-order valence-electron chi connectivity index (χ3n) is 12.3. The normalized spacial score (nSPS) is 38.1. The van der Waals surface area contributed by atoms with Gasteiger partial charge in [-0.2, -0.15) is 0 Å². The summed E-state index contributed by atoms with van der Waals surface area (Å²) in [7, 11) is 1.33. The van der Waals surface area contributed by atoms with Crippen LogP contribution in [-0.4, -0.2) is 53.3 Å². The van der Waals surface area contributed by atoms with Gasteiger partial charge in [0.25, 0.3) is 0 Å². The van der Waals surface area contributed by atoms with Gasteiger partial charge in [0.15, 0.2) is 0 Å². The number of methoxy groups -OCH3 is 1. The second-order valence-corrected chi connectivity index (χ2v) is 16.6. The molecule has 1 N–H and O–H groups in total. The van der Waals surface area contributed by atoms with Crippen LogP contribution in [0.2, 0.25) is 0 Å². The summed E-state index contributed by atoms with van der Waals surface area (Å²) >= 11 is 0. The number of carbonyl (C=O) groups is 4. The van der Waals surface area contributed by atoms with Crippen LogP contribution in [-0.2, 0) is 28.7 Å². The molecule has 48 heavy (non-hydrogen) atoms. The summed E-state index contributed by atoms with van der Waals surface area (Å²) in [5.41, 5.74) is 1.98. The summed E-state index contributed by atoms with van der Waals surface area (Å²) < 4.78 is 11.8. The maximum Gasteiger partial charge on any atom is 0.313 e. The number of epoxide rings is 1. The van der Waals surface area contributed by atoms with Crippen molar-refractivity contribution in [2.75, 3.05) is 7.11 Å². The largest absolute Gasteiger partial charge is 0.469 e. The Kier molecular flexibility index (Phi) is 12.5. The first-order valence-electron chi connectivity index (χ1n) is 18.6. The zero-order valence-electron chi connectivity index (χ0n) is 31.2. The Bertz CT molecular complexity index is 1340. The lowest BCUT2D eigenvalue weighted by atomic mass is 9.53.